The van der Waals surface area contributed by atoms with Crippen LogP contribution in [0.1, 0.15) is 19.8 Å². The number of nitriles is 1. The minimum atomic E-state index is -3.52. The number of hydrogen-bond donors (Lipinski definition) is 1. The predicted octanol–water partition coefficient (Wildman–Crippen LogP) is -0.315. The molecule has 0 aromatic carbocycles. The van der Waals surface area contributed by atoms with Crippen LogP contribution in [0, 0.1) is 17.2 Å². The first-order valence-electron chi connectivity index (χ1n) is 5.01. The third-order valence-corrected chi connectivity index (χ3v) is 5.20. The van der Waals surface area contributed by atoms with Crippen molar-refractivity contribution >= 4 is 10.0 Å². The van der Waals surface area contributed by atoms with Crippen molar-refractivity contribution in [3.63, 3.8) is 0 Å². The van der Waals surface area contributed by atoms with Crippen molar-refractivity contribution in [1.29, 1.82) is 5.26 Å². The maximum atomic E-state index is 11.7. The molecule has 1 unspecified atom stereocenters. The average molecular weight is 230 g/mol. The highest BCUT2D eigenvalue weighted by Gasteiger charge is 2.55. The largest absolute Gasteiger partial charge is 0.387 e. The number of nitrogens with zero attached hydrogens (tertiary/aromatic N) is 2. The second kappa shape index (κ2) is 3.17. The maximum Gasteiger partial charge on any atom is 0.230 e. The van der Waals surface area contributed by atoms with E-state index in [-0.39, 0.29) is 19.0 Å². The van der Waals surface area contributed by atoms with Crippen molar-refractivity contribution in [2.75, 3.05) is 13.1 Å². The van der Waals surface area contributed by atoms with Crippen molar-refractivity contribution in [3.05, 3.63) is 0 Å². The van der Waals surface area contributed by atoms with Gasteiger partial charge in [0, 0.05) is 13.1 Å². The van der Waals surface area contributed by atoms with Gasteiger partial charge in [-0.2, -0.15) is 9.57 Å². The third-order valence-electron chi connectivity index (χ3n) is 3.23. The van der Waals surface area contributed by atoms with Crippen LogP contribution in [0.25, 0.3) is 0 Å². The second-order valence-electron chi connectivity index (χ2n) is 4.46. The molecule has 0 aromatic heterocycles. The van der Waals surface area contributed by atoms with E-state index in [0.717, 1.165) is 12.8 Å². The Morgan fingerprint density at radius 2 is 2.07 bits per heavy atom. The zero-order valence-electron chi connectivity index (χ0n) is 8.55. The summed E-state index contributed by atoms with van der Waals surface area (Å²) in [6.45, 7) is 1.68. The fourth-order valence-corrected chi connectivity index (χ4v) is 3.30. The van der Waals surface area contributed by atoms with Crippen molar-refractivity contribution in [1.82, 2.24) is 4.31 Å². The number of hydrogen-bond acceptors (Lipinski definition) is 4. The zero-order valence-corrected chi connectivity index (χ0v) is 9.37. The molecule has 6 heteroatoms. The molecule has 0 radical (unpaired) electrons. The molecule has 2 rings (SSSR count). The van der Waals surface area contributed by atoms with Crippen LogP contribution in [0.2, 0.25) is 0 Å². The molecule has 15 heavy (non-hydrogen) atoms. The van der Waals surface area contributed by atoms with Gasteiger partial charge in [0.15, 0.2) is 5.25 Å². The van der Waals surface area contributed by atoms with Gasteiger partial charge >= 0.3 is 0 Å². The summed E-state index contributed by atoms with van der Waals surface area (Å²) < 4.78 is 24.5. The molecule has 5 nitrogen and oxygen atoms in total. The number of β-amino-alcohol motifs (C(OH)–C–C–N with tert-alkyl or cyclic N) is 1. The molecular weight excluding hydrogens is 216 g/mol. The molecule has 0 spiro atoms. The molecule has 1 N–H and O–H groups in total. The first-order chi connectivity index (χ1) is 6.90. The topological polar surface area (TPSA) is 81.4 Å². The molecule has 1 aliphatic carbocycles. The van der Waals surface area contributed by atoms with E-state index < -0.39 is 20.9 Å². The molecule has 1 heterocycles. The smallest absolute Gasteiger partial charge is 0.230 e. The van der Waals surface area contributed by atoms with Gasteiger partial charge in [-0.1, -0.05) is 0 Å². The molecule has 2 fully saturated rings. The van der Waals surface area contributed by atoms with Crippen LogP contribution in [-0.2, 0) is 10.0 Å². The Balaban J connectivity index is 2.02. The van der Waals surface area contributed by atoms with Gasteiger partial charge < -0.3 is 5.11 Å². The highest BCUT2D eigenvalue weighted by Crippen LogP contribution is 2.45. The quantitative estimate of drug-likeness (QED) is 0.720. The molecule has 0 bridgehead atoms. The minimum Gasteiger partial charge on any atom is -0.387 e. The summed E-state index contributed by atoms with van der Waals surface area (Å²) in [5.74, 6) is 0.265. The Kier molecular flexibility index (Phi) is 2.30. The Hall–Kier alpha value is -0.640. The number of rotatable bonds is 3. The lowest BCUT2D eigenvalue weighted by atomic mass is 9.91. The molecule has 2 aliphatic rings. The molecule has 1 saturated carbocycles. The average Bonchev–Trinajstić information content (AvgIpc) is 2.94. The van der Waals surface area contributed by atoms with Crippen LogP contribution in [-0.4, -0.2) is 41.8 Å². The summed E-state index contributed by atoms with van der Waals surface area (Å²) in [4.78, 5) is 0. The highest BCUT2D eigenvalue weighted by molar-refractivity contribution is 7.90. The Morgan fingerprint density at radius 1 is 1.53 bits per heavy atom. The van der Waals surface area contributed by atoms with E-state index in [1.54, 1.807) is 6.07 Å². The SMILES string of the molecule is CC(C#N)S(=O)(=O)N1CC(O)(C2CC2)C1. The Bertz CT molecular complexity index is 402. The van der Waals surface area contributed by atoms with Gasteiger partial charge in [0.1, 0.15) is 0 Å². The Morgan fingerprint density at radius 3 is 2.47 bits per heavy atom. The van der Waals surface area contributed by atoms with E-state index in [0.29, 0.717) is 0 Å². The number of sulfonamides is 1. The second-order valence-corrected chi connectivity index (χ2v) is 6.72. The normalized spacial score (nSPS) is 27.8. The van der Waals surface area contributed by atoms with Gasteiger partial charge in [0.2, 0.25) is 10.0 Å². The third kappa shape index (κ3) is 1.65. The van der Waals surface area contributed by atoms with Crippen LogP contribution in [0.3, 0.4) is 0 Å². The summed E-state index contributed by atoms with van der Waals surface area (Å²) in [6, 6.07) is 1.72. The van der Waals surface area contributed by atoms with E-state index in [4.69, 9.17) is 5.26 Å². The van der Waals surface area contributed by atoms with Gasteiger partial charge in [0.25, 0.3) is 0 Å². The van der Waals surface area contributed by atoms with Crippen LogP contribution >= 0.6 is 0 Å². The highest BCUT2D eigenvalue weighted by atomic mass is 32.2. The standard InChI is InChI=1S/C9H14N2O3S/c1-7(4-10)15(13,14)11-5-9(12,6-11)8-2-3-8/h7-8,12H,2-3,5-6H2,1H3. The maximum absolute atomic E-state index is 11.7. The van der Waals surface area contributed by atoms with E-state index in [9.17, 15) is 13.5 Å². The molecule has 1 saturated heterocycles. The summed E-state index contributed by atoms with van der Waals surface area (Å²) in [6.07, 6.45) is 1.97. The van der Waals surface area contributed by atoms with E-state index in [1.165, 1.54) is 11.2 Å². The molecular formula is C9H14N2O3S. The molecule has 1 atom stereocenters. The Labute approximate surface area is 89.4 Å². The summed E-state index contributed by atoms with van der Waals surface area (Å²) in [7, 11) is -3.52. The summed E-state index contributed by atoms with van der Waals surface area (Å²) in [5, 5.41) is 17.5. The van der Waals surface area contributed by atoms with Crippen LogP contribution in [0.5, 0.6) is 0 Å². The van der Waals surface area contributed by atoms with Gasteiger partial charge in [-0.15, -0.1) is 0 Å². The van der Waals surface area contributed by atoms with Gasteiger partial charge in [-0.05, 0) is 25.7 Å². The number of aliphatic hydroxyl groups is 1. The lowest BCUT2D eigenvalue weighted by Gasteiger charge is -2.46. The molecule has 0 aromatic rings. The predicted molar refractivity (Wildman–Crippen MR) is 53.2 cm³/mol. The van der Waals surface area contributed by atoms with Crippen LogP contribution in [0.15, 0.2) is 0 Å². The summed E-state index contributed by atoms with van der Waals surface area (Å²) >= 11 is 0. The fraction of sp³-hybridized carbons (Fsp3) is 0.889. The van der Waals surface area contributed by atoms with Crippen molar-refractivity contribution in [2.45, 2.75) is 30.6 Å². The van der Waals surface area contributed by atoms with Crippen molar-refractivity contribution in [2.24, 2.45) is 5.92 Å². The lowest BCUT2D eigenvalue weighted by molar-refractivity contribution is -0.0766. The van der Waals surface area contributed by atoms with Gasteiger partial charge in [0.05, 0.1) is 11.7 Å². The first-order valence-corrected chi connectivity index (χ1v) is 6.51. The minimum absolute atomic E-state index is 0.159. The molecule has 84 valence electrons. The van der Waals surface area contributed by atoms with Crippen LogP contribution in [0.4, 0.5) is 0 Å². The fourth-order valence-electron chi connectivity index (χ4n) is 1.91. The zero-order chi connectivity index (χ0) is 11.3. The van der Waals surface area contributed by atoms with E-state index in [1.807, 2.05) is 0 Å². The van der Waals surface area contributed by atoms with E-state index in [2.05, 4.69) is 0 Å². The molecule has 0 amide bonds. The van der Waals surface area contributed by atoms with Crippen LogP contribution < -0.4 is 0 Å². The first kappa shape index (κ1) is 10.9. The summed E-state index contributed by atoms with van der Waals surface area (Å²) in [5.41, 5.74) is -0.817. The van der Waals surface area contributed by atoms with Crippen molar-refractivity contribution in [3.8, 4) is 6.07 Å². The van der Waals surface area contributed by atoms with E-state index >= 15 is 0 Å². The lowest BCUT2D eigenvalue weighted by Crippen LogP contribution is -2.65. The van der Waals surface area contributed by atoms with Crippen molar-refractivity contribution < 1.29 is 13.5 Å². The monoisotopic (exact) mass is 230 g/mol. The molecule has 1 aliphatic heterocycles. The van der Waals surface area contributed by atoms with Gasteiger partial charge in [-0.25, -0.2) is 8.42 Å². The van der Waals surface area contributed by atoms with Gasteiger partial charge in [-0.3, -0.25) is 0 Å².